The van der Waals surface area contributed by atoms with Crippen LogP contribution in [-0.2, 0) is 11.2 Å². The van der Waals surface area contributed by atoms with Gasteiger partial charge < -0.3 is 19.3 Å². The molecule has 0 N–H and O–H groups in total. The Bertz CT molecular complexity index is 1190. The molecule has 1 unspecified atom stereocenters. The van der Waals surface area contributed by atoms with Gasteiger partial charge in [0.15, 0.2) is 0 Å². The lowest BCUT2D eigenvalue weighted by Gasteiger charge is -2.38. The molecule has 0 spiro atoms. The van der Waals surface area contributed by atoms with Crippen LogP contribution in [-0.4, -0.2) is 54.5 Å². The van der Waals surface area contributed by atoms with Gasteiger partial charge in [0.25, 0.3) is 5.91 Å². The van der Waals surface area contributed by atoms with Crippen LogP contribution in [0.25, 0.3) is 0 Å². The fourth-order valence-corrected chi connectivity index (χ4v) is 5.39. The van der Waals surface area contributed by atoms with Crippen molar-refractivity contribution in [2.24, 2.45) is 0 Å². The Morgan fingerprint density at radius 1 is 1.09 bits per heavy atom. The molecule has 7 heteroatoms. The van der Waals surface area contributed by atoms with Crippen LogP contribution in [0.15, 0.2) is 60.0 Å². The maximum atomic E-state index is 13.7. The lowest BCUT2D eigenvalue weighted by Crippen LogP contribution is -2.49. The van der Waals surface area contributed by atoms with Crippen LogP contribution >= 0.6 is 11.3 Å². The van der Waals surface area contributed by atoms with Gasteiger partial charge in [-0.05, 0) is 68.0 Å². The summed E-state index contributed by atoms with van der Waals surface area (Å²) in [6.45, 7) is 6.82. The minimum atomic E-state index is -0.216. The third-order valence-electron chi connectivity index (χ3n) is 6.43. The van der Waals surface area contributed by atoms with E-state index in [1.165, 1.54) is 4.88 Å². The number of amides is 2. The Morgan fingerprint density at radius 3 is 2.51 bits per heavy atom. The van der Waals surface area contributed by atoms with E-state index >= 15 is 0 Å². The van der Waals surface area contributed by atoms with Gasteiger partial charge in [-0.3, -0.25) is 9.59 Å². The summed E-state index contributed by atoms with van der Waals surface area (Å²) >= 11 is 1.72. The normalized spacial score (nSPS) is 15.0. The van der Waals surface area contributed by atoms with E-state index in [1.54, 1.807) is 41.5 Å². The first kappa shape index (κ1) is 24.8. The fraction of sp³-hybridized carbons (Fsp3) is 0.357. The smallest absolute Gasteiger partial charge is 0.258 e. The number of nitrogens with zero attached hydrogens (tertiary/aromatic N) is 2. The summed E-state index contributed by atoms with van der Waals surface area (Å²) in [4.78, 5) is 31.9. The number of para-hydroxylation sites is 2. The number of methoxy groups -OCH3 is 1. The summed E-state index contributed by atoms with van der Waals surface area (Å²) < 4.78 is 11.6. The van der Waals surface area contributed by atoms with Crippen molar-refractivity contribution in [2.45, 2.75) is 39.3 Å². The van der Waals surface area contributed by atoms with Crippen LogP contribution in [0.1, 0.15) is 46.3 Å². The molecule has 1 aliphatic rings. The molecular formula is C28H32N2O4S. The molecule has 2 aromatic carbocycles. The Kier molecular flexibility index (Phi) is 7.76. The average molecular weight is 493 g/mol. The second kappa shape index (κ2) is 11.0. The minimum Gasteiger partial charge on any atom is -0.496 e. The summed E-state index contributed by atoms with van der Waals surface area (Å²) in [7, 11) is 1.54. The molecule has 2 amide bonds. The number of carbonyl (C=O) groups is 2. The number of ether oxygens (including phenoxy) is 2. The number of hydrogen-bond acceptors (Lipinski definition) is 5. The minimum absolute atomic E-state index is 0.00508. The van der Waals surface area contributed by atoms with Crippen LogP contribution in [0.5, 0.6) is 11.5 Å². The maximum absolute atomic E-state index is 13.7. The van der Waals surface area contributed by atoms with Gasteiger partial charge in [-0.15, -0.1) is 11.3 Å². The van der Waals surface area contributed by atoms with Crippen molar-refractivity contribution in [3.63, 3.8) is 0 Å². The number of thiophene rings is 1. The topological polar surface area (TPSA) is 59.1 Å². The highest BCUT2D eigenvalue weighted by molar-refractivity contribution is 7.10. The van der Waals surface area contributed by atoms with E-state index in [9.17, 15) is 9.59 Å². The van der Waals surface area contributed by atoms with Crippen LogP contribution in [0.4, 0.5) is 0 Å². The average Bonchev–Trinajstić information content (AvgIpc) is 3.35. The van der Waals surface area contributed by atoms with Crippen molar-refractivity contribution in [2.75, 3.05) is 26.8 Å². The molecule has 184 valence electrons. The highest BCUT2D eigenvalue weighted by atomic mass is 32.1. The summed E-state index contributed by atoms with van der Waals surface area (Å²) in [6.07, 6.45) is 0.807. The molecule has 1 aromatic heterocycles. The van der Waals surface area contributed by atoms with Gasteiger partial charge in [0.1, 0.15) is 24.7 Å². The van der Waals surface area contributed by atoms with Gasteiger partial charge in [0.2, 0.25) is 5.91 Å². The highest BCUT2D eigenvalue weighted by Crippen LogP contribution is 2.34. The van der Waals surface area contributed by atoms with Crippen LogP contribution in [0.2, 0.25) is 0 Å². The molecule has 1 aliphatic heterocycles. The van der Waals surface area contributed by atoms with E-state index < -0.39 is 0 Å². The van der Waals surface area contributed by atoms with Gasteiger partial charge in [0.05, 0.1) is 18.7 Å². The summed E-state index contributed by atoms with van der Waals surface area (Å²) in [6, 6.07) is 16.8. The molecule has 0 aliphatic carbocycles. The molecule has 0 saturated heterocycles. The number of aryl methyl sites for hydroxylation is 1. The Morgan fingerprint density at radius 2 is 1.80 bits per heavy atom. The largest absolute Gasteiger partial charge is 0.496 e. The molecule has 0 saturated carbocycles. The van der Waals surface area contributed by atoms with Gasteiger partial charge in [-0.1, -0.05) is 30.3 Å². The first-order valence-electron chi connectivity index (χ1n) is 11.9. The number of fused-ring (bicyclic) bond motifs is 1. The molecule has 0 bridgehead atoms. The van der Waals surface area contributed by atoms with E-state index in [-0.39, 0.29) is 30.4 Å². The van der Waals surface area contributed by atoms with E-state index in [1.807, 2.05) is 56.0 Å². The SMILES string of the molecule is COc1ccccc1C(=O)N(CC(=O)N1CCc2sccc2C1COc1ccccc1C)C(C)C. The van der Waals surface area contributed by atoms with Gasteiger partial charge in [0, 0.05) is 17.5 Å². The van der Waals surface area contributed by atoms with Crippen LogP contribution in [0.3, 0.4) is 0 Å². The number of benzene rings is 2. The van der Waals surface area contributed by atoms with Crippen molar-refractivity contribution >= 4 is 23.2 Å². The second-order valence-corrected chi connectivity index (χ2v) is 9.96. The standard InChI is InChI=1S/C28H32N2O4S/c1-19(2)30(28(32)22-10-6-8-12-25(22)33-4)17-27(31)29-15-13-26-21(14-16-35-26)23(29)18-34-24-11-7-5-9-20(24)3/h5-12,14,16,19,23H,13,15,17-18H2,1-4H3. The zero-order valence-electron chi connectivity index (χ0n) is 20.7. The van der Waals surface area contributed by atoms with Crippen molar-refractivity contribution < 1.29 is 19.1 Å². The van der Waals surface area contributed by atoms with E-state index in [0.29, 0.717) is 24.5 Å². The quantitative estimate of drug-likeness (QED) is 0.438. The Balaban J connectivity index is 1.56. The van der Waals surface area contributed by atoms with Crippen LogP contribution in [0, 0.1) is 6.92 Å². The predicted octanol–water partition coefficient (Wildman–Crippen LogP) is 5.12. The molecule has 4 rings (SSSR count). The highest BCUT2D eigenvalue weighted by Gasteiger charge is 2.34. The Hall–Kier alpha value is -3.32. The molecule has 6 nitrogen and oxygen atoms in total. The second-order valence-electron chi connectivity index (χ2n) is 8.96. The maximum Gasteiger partial charge on any atom is 0.258 e. The van der Waals surface area contributed by atoms with Crippen molar-refractivity contribution in [1.82, 2.24) is 9.80 Å². The zero-order chi connectivity index (χ0) is 24.9. The Labute approximate surface area is 211 Å². The summed E-state index contributed by atoms with van der Waals surface area (Å²) in [5.74, 6) is 1.02. The molecule has 1 atom stereocenters. The first-order chi connectivity index (χ1) is 16.9. The summed E-state index contributed by atoms with van der Waals surface area (Å²) in [5.41, 5.74) is 2.64. The molecule has 0 radical (unpaired) electrons. The monoisotopic (exact) mass is 492 g/mol. The summed E-state index contributed by atoms with van der Waals surface area (Å²) in [5, 5.41) is 2.07. The number of rotatable bonds is 8. The third-order valence-corrected chi connectivity index (χ3v) is 7.43. The van der Waals surface area contributed by atoms with Gasteiger partial charge in [-0.2, -0.15) is 0 Å². The molecule has 0 fully saturated rings. The fourth-order valence-electron chi connectivity index (χ4n) is 4.46. The zero-order valence-corrected chi connectivity index (χ0v) is 21.5. The van der Waals surface area contributed by atoms with Gasteiger partial charge in [-0.25, -0.2) is 0 Å². The third kappa shape index (κ3) is 5.35. The van der Waals surface area contributed by atoms with Crippen molar-refractivity contribution in [3.05, 3.63) is 81.5 Å². The molecule has 2 heterocycles. The lowest BCUT2D eigenvalue weighted by atomic mass is 10.00. The lowest BCUT2D eigenvalue weighted by molar-refractivity contribution is -0.136. The molecule has 35 heavy (non-hydrogen) atoms. The number of carbonyl (C=O) groups excluding carboxylic acids is 2. The first-order valence-corrected chi connectivity index (χ1v) is 12.8. The molecular weight excluding hydrogens is 460 g/mol. The van der Waals surface area contributed by atoms with E-state index in [4.69, 9.17) is 9.47 Å². The van der Waals surface area contributed by atoms with Gasteiger partial charge >= 0.3 is 0 Å². The van der Waals surface area contributed by atoms with Crippen molar-refractivity contribution in [1.29, 1.82) is 0 Å². The van der Waals surface area contributed by atoms with E-state index in [0.717, 1.165) is 23.3 Å². The van der Waals surface area contributed by atoms with E-state index in [2.05, 4.69) is 11.4 Å². The van der Waals surface area contributed by atoms with Crippen LogP contribution < -0.4 is 9.47 Å². The molecule has 3 aromatic rings. The van der Waals surface area contributed by atoms with Crippen molar-refractivity contribution in [3.8, 4) is 11.5 Å². The number of hydrogen-bond donors (Lipinski definition) is 0. The predicted molar refractivity (Wildman–Crippen MR) is 138 cm³/mol.